The number of halogens is 3. The molecule has 1 N–H and O–H groups in total. The molecule has 0 aliphatic carbocycles. The topological polar surface area (TPSA) is 53.2 Å². The largest absolute Gasteiger partial charge is 0.408 e. The molecule has 1 aliphatic rings. The zero-order valence-electron chi connectivity index (χ0n) is 11.2. The van der Waals surface area contributed by atoms with Crippen molar-refractivity contribution in [2.75, 3.05) is 6.54 Å². The van der Waals surface area contributed by atoms with Crippen LogP contribution in [0, 0.1) is 13.8 Å². The number of aryl methyl sites for hydroxylation is 2. The normalized spacial score (nSPS) is 19.4. The summed E-state index contributed by atoms with van der Waals surface area (Å²) in [6.07, 6.45) is -4.28. The highest BCUT2D eigenvalue weighted by Crippen LogP contribution is 2.33. The van der Waals surface area contributed by atoms with Crippen molar-refractivity contribution in [1.29, 1.82) is 0 Å². The Morgan fingerprint density at radius 3 is 2.65 bits per heavy atom. The van der Waals surface area contributed by atoms with Gasteiger partial charge in [0.15, 0.2) is 0 Å². The third-order valence-corrected chi connectivity index (χ3v) is 3.62. The van der Waals surface area contributed by atoms with Gasteiger partial charge in [-0.1, -0.05) is 0 Å². The molecule has 0 aromatic carbocycles. The maximum atomic E-state index is 12.9. The van der Waals surface area contributed by atoms with Crippen LogP contribution in [0.5, 0.6) is 0 Å². The summed E-state index contributed by atoms with van der Waals surface area (Å²) < 4.78 is 38.6. The minimum Gasteiger partial charge on any atom is -0.326 e. The van der Waals surface area contributed by atoms with Gasteiger partial charge in [0.25, 0.3) is 11.5 Å². The smallest absolute Gasteiger partial charge is 0.326 e. The van der Waals surface area contributed by atoms with E-state index in [2.05, 4.69) is 4.98 Å². The number of amides is 1. The first kappa shape index (κ1) is 14.6. The number of alkyl halides is 3. The summed E-state index contributed by atoms with van der Waals surface area (Å²) in [7, 11) is 0. The molecule has 0 spiro atoms. The molecule has 0 bridgehead atoms. The Kier molecular flexibility index (Phi) is 3.62. The standard InChI is InChI=1S/C13H15F3N2O2/c1-7-6-9(11(19)17-8(7)2)12(20)18-5-3-4-10(18)13(14,15)16/h6,10H,3-5H2,1-2H3,(H,17,19)/t10-/m0/s1. The number of nitrogens with one attached hydrogen (secondary N) is 1. The summed E-state index contributed by atoms with van der Waals surface area (Å²) >= 11 is 0. The zero-order valence-corrected chi connectivity index (χ0v) is 11.2. The number of rotatable bonds is 1. The van der Waals surface area contributed by atoms with Crippen molar-refractivity contribution < 1.29 is 18.0 Å². The van der Waals surface area contributed by atoms with Crippen molar-refractivity contribution in [1.82, 2.24) is 9.88 Å². The molecule has 1 saturated heterocycles. The van der Waals surface area contributed by atoms with E-state index < -0.39 is 23.7 Å². The predicted octanol–water partition coefficient (Wildman–Crippen LogP) is 2.16. The number of nitrogens with zero attached hydrogens (tertiary/aromatic N) is 1. The number of aromatic amines is 1. The van der Waals surface area contributed by atoms with Crippen LogP contribution in [0.15, 0.2) is 10.9 Å². The van der Waals surface area contributed by atoms with E-state index in [-0.39, 0.29) is 18.5 Å². The lowest BCUT2D eigenvalue weighted by Gasteiger charge is -2.26. The van der Waals surface area contributed by atoms with Crippen molar-refractivity contribution in [2.24, 2.45) is 0 Å². The maximum absolute atomic E-state index is 12.9. The molecule has 0 unspecified atom stereocenters. The van der Waals surface area contributed by atoms with Gasteiger partial charge in [-0.15, -0.1) is 0 Å². The Morgan fingerprint density at radius 2 is 2.05 bits per heavy atom. The molecule has 1 fully saturated rings. The monoisotopic (exact) mass is 288 g/mol. The first-order chi connectivity index (χ1) is 9.21. The molecule has 2 heterocycles. The molecular formula is C13H15F3N2O2. The Hall–Kier alpha value is -1.79. The van der Waals surface area contributed by atoms with Gasteiger partial charge in [-0.05, 0) is 38.3 Å². The van der Waals surface area contributed by atoms with Crippen LogP contribution in [0.2, 0.25) is 0 Å². The van der Waals surface area contributed by atoms with Gasteiger partial charge in [-0.2, -0.15) is 13.2 Å². The SMILES string of the molecule is Cc1cc(C(=O)N2CCC[C@H]2C(F)(F)F)c(=O)[nH]c1C. The van der Waals surface area contributed by atoms with Crippen LogP contribution in [0.3, 0.4) is 0 Å². The third-order valence-electron chi connectivity index (χ3n) is 3.62. The number of carbonyl (C=O) groups is 1. The summed E-state index contributed by atoms with van der Waals surface area (Å²) in [4.78, 5) is 27.2. The van der Waals surface area contributed by atoms with Crippen LogP contribution in [0.25, 0.3) is 0 Å². The summed E-state index contributed by atoms with van der Waals surface area (Å²) in [5.41, 5.74) is 0.381. The zero-order chi connectivity index (χ0) is 15.1. The fourth-order valence-corrected chi connectivity index (χ4v) is 2.39. The molecule has 4 nitrogen and oxygen atoms in total. The lowest BCUT2D eigenvalue weighted by Crippen LogP contribution is -2.45. The minimum absolute atomic E-state index is 0.0232. The van der Waals surface area contributed by atoms with Crippen LogP contribution < -0.4 is 5.56 Å². The van der Waals surface area contributed by atoms with Crippen LogP contribution >= 0.6 is 0 Å². The van der Waals surface area contributed by atoms with Crippen LogP contribution in [-0.2, 0) is 0 Å². The first-order valence-corrected chi connectivity index (χ1v) is 6.30. The van der Waals surface area contributed by atoms with Gasteiger partial charge in [0.2, 0.25) is 0 Å². The number of pyridine rings is 1. The maximum Gasteiger partial charge on any atom is 0.408 e. The molecule has 1 atom stereocenters. The molecule has 7 heteroatoms. The van der Waals surface area contributed by atoms with E-state index in [1.165, 1.54) is 6.07 Å². The van der Waals surface area contributed by atoms with Crippen LogP contribution in [-0.4, -0.2) is 34.6 Å². The Labute approximate surface area is 113 Å². The van der Waals surface area contributed by atoms with Gasteiger partial charge >= 0.3 is 6.18 Å². The molecule has 1 aromatic rings. The van der Waals surface area contributed by atoms with Crippen molar-refractivity contribution >= 4 is 5.91 Å². The van der Waals surface area contributed by atoms with Crippen molar-refractivity contribution in [3.05, 3.63) is 33.2 Å². The molecule has 1 amide bonds. The fraction of sp³-hybridized carbons (Fsp3) is 0.538. The van der Waals surface area contributed by atoms with E-state index >= 15 is 0 Å². The average molecular weight is 288 g/mol. The molecule has 1 aliphatic heterocycles. The second-order valence-corrected chi connectivity index (χ2v) is 5.02. The van der Waals surface area contributed by atoms with Gasteiger partial charge in [0.05, 0.1) is 0 Å². The van der Waals surface area contributed by atoms with Crippen molar-refractivity contribution in [2.45, 2.75) is 38.9 Å². The van der Waals surface area contributed by atoms with Crippen molar-refractivity contribution in [3.8, 4) is 0 Å². The molecule has 0 saturated carbocycles. The number of likely N-dealkylation sites (tertiary alicyclic amines) is 1. The highest BCUT2D eigenvalue weighted by molar-refractivity contribution is 5.94. The number of H-pyrrole nitrogens is 1. The van der Waals surface area contributed by atoms with Crippen LogP contribution in [0.4, 0.5) is 13.2 Å². The second-order valence-electron chi connectivity index (χ2n) is 5.02. The number of hydrogen-bond donors (Lipinski definition) is 1. The summed E-state index contributed by atoms with van der Waals surface area (Å²) in [6, 6.07) is -0.446. The molecule has 1 aromatic heterocycles. The summed E-state index contributed by atoms with van der Waals surface area (Å²) in [5, 5.41) is 0. The van der Waals surface area contributed by atoms with Gasteiger partial charge in [-0.3, -0.25) is 9.59 Å². The Morgan fingerprint density at radius 1 is 1.40 bits per heavy atom. The fourth-order valence-electron chi connectivity index (χ4n) is 2.39. The number of aromatic nitrogens is 1. The van der Waals surface area contributed by atoms with Gasteiger partial charge < -0.3 is 9.88 Å². The van der Waals surface area contributed by atoms with E-state index in [4.69, 9.17) is 0 Å². The van der Waals surface area contributed by atoms with Crippen LogP contribution in [0.1, 0.15) is 34.5 Å². The molecular weight excluding hydrogens is 273 g/mol. The lowest BCUT2D eigenvalue weighted by molar-refractivity contribution is -0.169. The average Bonchev–Trinajstić information content (AvgIpc) is 2.81. The van der Waals surface area contributed by atoms with Gasteiger partial charge in [0.1, 0.15) is 11.6 Å². The second kappa shape index (κ2) is 4.96. The highest BCUT2D eigenvalue weighted by Gasteiger charge is 2.48. The first-order valence-electron chi connectivity index (χ1n) is 6.30. The molecule has 110 valence electrons. The van der Waals surface area contributed by atoms with Gasteiger partial charge in [0, 0.05) is 12.2 Å². The third kappa shape index (κ3) is 2.57. The number of hydrogen-bond acceptors (Lipinski definition) is 2. The van der Waals surface area contributed by atoms with E-state index in [1.54, 1.807) is 13.8 Å². The minimum atomic E-state index is -4.46. The predicted molar refractivity (Wildman–Crippen MR) is 66.7 cm³/mol. The number of carbonyl (C=O) groups excluding carboxylic acids is 1. The van der Waals surface area contributed by atoms with Gasteiger partial charge in [-0.25, -0.2) is 0 Å². The van der Waals surface area contributed by atoms with E-state index in [0.29, 0.717) is 17.7 Å². The highest BCUT2D eigenvalue weighted by atomic mass is 19.4. The molecule has 2 rings (SSSR count). The van der Waals surface area contributed by atoms with Crippen molar-refractivity contribution in [3.63, 3.8) is 0 Å². The summed E-state index contributed by atoms with van der Waals surface area (Å²) in [5.74, 6) is -0.853. The molecule has 20 heavy (non-hydrogen) atoms. The molecule has 0 radical (unpaired) electrons. The lowest BCUT2D eigenvalue weighted by atomic mass is 10.1. The Balaban J connectivity index is 2.37. The Bertz CT molecular complexity index is 592. The van der Waals surface area contributed by atoms with E-state index in [1.807, 2.05) is 0 Å². The van der Waals surface area contributed by atoms with E-state index in [9.17, 15) is 22.8 Å². The quantitative estimate of drug-likeness (QED) is 0.861. The summed E-state index contributed by atoms with van der Waals surface area (Å²) in [6.45, 7) is 3.38. The van der Waals surface area contributed by atoms with E-state index in [0.717, 1.165) is 4.90 Å².